The van der Waals surface area contributed by atoms with Crippen molar-refractivity contribution >= 4 is 39.1 Å². The molecule has 0 saturated heterocycles. The van der Waals surface area contributed by atoms with E-state index in [0.29, 0.717) is 0 Å². The summed E-state index contributed by atoms with van der Waals surface area (Å²) in [7, 11) is 0. The third-order valence-electron chi connectivity index (χ3n) is 2.66. The summed E-state index contributed by atoms with van der Waals surface area (Å²) >= 11 is 14.7. The minimum absolute atomic E-state index is 0.0195. The van der Waals surface area contributed by atoms with E-state index >= 15 is 0 Å². The Balaban J connectivity index is 2.72. The van der Waals surface area contributed by atoms with Crippen LogP contribution >= 0.6 is 39.1 Å². The summed E-state index contributed by atoms with van der Waals surface area (Å²) in [6.07, 6.45) is -4.57. The van der Waals surface area contributed by atoms with Crippen LogP contribution < -0.4 is 0 Å². The second-order valence-electron chi connectivity index (χ2n) is 3.97. The predicted octanol–water partition coefficient (Wildman–Crippen LogP) is 4.98. The van der Waals surface area contributed by atoms with Crippen LogP contribution in [0, 0.1) is 22.1 Å². The van der Waals surface area contributed by atoms with Crippen molar-refractivity contribution in [1.82, 2.24) is 10.2 Å². The van der Waals surface area contributed by atoms with E-state index in [4.69, 9.17) is 28.5 Å². The van der Waals surface area contributed by atoms with Crippen LogP contribution in [0.2, 0.25) is 10.0 Å². The molecule has 0 spiro atoms. The summed E-state index contributed by atoms with van der Waals surface area (Å²) in [4.78, 5) is 2.41. The summed E-state index contributed by atoms with van der Waals surface area (Å²) in [5.41, 5.74) is -0.542. The number of nitriles is 1. The standard InChI is InChI=1S/C13H3BrCl2F3N3/c14-2-1-7-10(5-20)21-22-12(7)11-8(15)3-6(4-9(11)16)13(17,18)19/h3-4H,(H,21,22). The van der Waals surface area contributed by atoms with Crippen LogP contribution in [0.3, 0.4) is 0 Å². The summed E-state index contributed by atoms with van der Waals surface area (Å²) < 4.78 is 38.2. The molecule has 0 fully saturated rings. The van der Waals surface area contributed by atoms with Crippen LogP contribution in [0.25, 0.3) is 11.3 Å². The van der Waals surface area contributed by atoms with Gasteiger partial charge in [0, 0.05) is 21.5 Å². The normalized spacial score (nSPS) is 10.8. The number of H-pyrrole nitrogens is 1. The highest BCUT2D eigenvalue weighted by Gasteiger charge is 2.32. The molecule has 0 unspecified atom stereocenters. The zero-order chi connectivity index (χ0) is 16.5. The number of nitrogens with zero attached hydrogens (tertiary/aromatic N) is 2. The maximum absolute atomic E-state index is 12.7. The molecule has 112 valence electrons. The molecule has 2 rings (SSSR count). The van der Waals surface area contributed by atoms with Crippen LogP contribution in [0.15, 0.2) is 12.1 Å². The second-order valence-corrected chi connectivity index (χ2v) is 5.18. The smallest absolute Gasteiger partial charge is 0.275 e. The van der Waals surface area contributed by atoms with Crippen molar-refractivity contribution in [2.75, 3.05) is 0 Å². The molecule has 0 saturated carbocycles. The van der Waals surface area contributed by atoms with Crippen molar-refractivity contribution in [3.63, 3.8) is 0 Å². The SMILES string of the molecule is N#Cc1n[nH]c(-c2c(Cl)cc(C(F)(F)F)cc2Cl)c1C#CBr. The van der Waals surface area contributed by atoms with Crippen LogP contribution in [-0.4, -0.2) is 10.2 Å². The maximum atomic E-state index is 12.7. The van der Waals surface area contributed by atoms with Gasteiger partial charge < -0.3 is 0 Å². The molecule has 1 N–H and O–H groups in total. The lowest BCUT2D eigenvalue weighted by molar-refractivity contribution is -0.137. The van der Waals surface area contributed by atoms with Crippen molar-refractivity contribution in [3.8, 4) is 28.1 Å². The highest BCUT2D eigenvalue weighted by Crippen LogP contribution is 2.41. The van der Waals surface area contributed by atoms with Crippen molar-refractivity contribution in [3.05, 3.63) is 39.0 Å². The molecule has 1 aromatic heterocycles. The number of halogens is 6. The maximum Gasteiger partial charge on any atom is 0.416 e. The Morgan fingerprint density at radius 2 is 1.82 bits per heavy atom. The second kappa shape index (κ2) is 6.21. The molecular weight excluding hydrogens is 406 g/mol. The van der Waals surface area contributed by atoms with E-state index in [-0.39, 0.29) is 32.6 Å². The Labute approximate surface area is 141 Å². The molecule has 9 heteroatoms. The Hall–Kier alpha value is -1.67. The summed E-state index contributed by atoms with van der Waals surface area (Å²) in [6.45, 7) is 0. The third kappa shape index (κ3) is 3.07. The first-order valence-corrected chi connectivity index (χ1v) is 7.01. The van der Waals surface area contributed by atoms with Crippen LogP contribution in [0.5, 0.6) is 0 Å². The van der Waals surface area contributed by atoms with Gasteiger partial charge in [-0.25, -0.2) is 0 Å². The number of hydrogen-bond acceptors (Lipinski definition) is 2. The number of rotatable bonds is 1. The van der Waals surface area contributed by atoms with Gasteiger partial charge in [0.25, 0.3) is 0 Å². The van der Waals surface area contributed by atoms with E-state index in [9.17, 15) is 13.2 Å². The molecule has 0 amide bonds. The average Bonchev–Trinajstić information content (AvgIpc) is 2.80. The van der Waals surface area contributed by atoms with Gasteiger partial charge in [-0.3, -0.25) is 5.10 Å². The van der Waals surface area contributed by atoms with Crippen LogP contribution in [-0.2, 0) is 6.18 Å². The van der Waals surface area contributed by atoms with Crippen molar-refractivity contribution in [2.45, 2.75) is 6.18 Å². The number of aromatic nitrogens is 2. The largest absolute Gasteiger partial charge is 0.416 e. The zero-order valence-electron chi connectivity index (χ0n) is 10.3. The van der Waals surface area contributed by atoms with E-state index in [1.807, 2.05) is 6.07 Å². The molecule has 22 heavy (non-hydrogen) atoms. The highest BCUT2D eigenvalue weighted by atomic mass is 79.9. The van der Waals surface area contributed by atoms with Gasteiger partial charge in [-0.1, -0.05) is 23.2 Å². The lowest BCUT2D eigenvalue weighted by atomic mass is 10.0. The molecule has 1 heterocycles. The Bertz CT molecular complexity index is 818. The summed E-state index contributed by atoms with van der Waals surface area (Å²) in [5, 5.41) is 14.8. The highest BCUT2D eigenvalue weighted by molar-refractivity contribution is 9.12. The predicted molar refractivity (Wildman–Crippen MR) is 79.6 cm³/mol. The Kier molecular flexibility index (Phi) is 4.72. The van der Waals surface area contributed by atoms with E-state index in [2.05, 4.69) is 36.9 Å². The fraction of sp³-hybridized carbons (Fsp3) is 0.0769. The molecule has 0 bridgehead atoms. The fourth-order valence-corrected chi connectivity index (χ4v) is 2.62. The first-order chi connectivity index (χ1) is 10.3. The molecule has 0 aliphatic rings. The van der Waals surface area contributed by atoms with Crippen LogP contribution in [0.1, 0.15) is 16.8 Å². The monoisotopic (exact) mass is 407 g/mol. The minimum Gasteiger partial charge on any atom is -0.275 e. The number of benzene rings is 1. The van der Waals surface area contributed by atoms with Gasteiger partial charge >= 0.3 is 6.18 Å². The van der Waals surface area contributed by atoms with Gasteiger partial charge in [-0.15, -0.1) is 0 Å². The molecule has 0 aliphatic heterocycles. The Morgan fingerprint density at radius 1 is 1.23 bits per heavy atom. The zero-order valence-corrected chi connectivity index (χ0v) is 13.4. The van der Waals surface area contributed by atoms with E-state index in [0.717, 1.165) is 12.1 Å². The minimum atomic E-state index is -4.57. The molecule has 0 atom stereocenters. The first-order valence-electron chi connectivity index (χ1n) is 5.46. The van der Waals surface area contributed by atoms with Crippen molar-refractivity contribution in [2.24, 2.45) is 0 Å². The summed E-state index contributed by atoms with van der Waals surface area (Å²) in [5.74, 6) is 2.58. The fourth-order valence-electron chi connectivity index (χ4n) is 1.75. The number of aromatic amines is 1. The third-order valence-corrected chi connectivity index (χ3v) is 3.46. The van der Waals surface area contributed by atoms with E-state index in [1.165, 1.54) is 0 Å². The molecule has 3 nitrogen and oxygen atoms in total. The first kappa shape index (κ1) is 16.7. The lowest BCUT2D eigenvalue weighted by Gasteiger charge is -2.11. The Morgan fingerprint density at radius 3 is 2.27 bits per heavy atom. The van der Waals surface area contributed by atoms with Crippen molar-refractivity contribution in [1.29, 1.82) is 5.26 Å². The van der Waals surface area contributed by atoms with Crippen molar-refractivity contribution < 1.29 is 13.2 Å². The van der Waals surface area contributed by atoms with Gasteiger partial charge in [0.1, 0.15) is 6.07 Å². The number of nitrogens with one attached hydrogen (secondary N) is 1. The van der Waals surface area contributed by atoms with E-state index in [1.54, 1.807) is 0 Å². The summed E-state index contributed by atoms with van der Waals surface area (Å²) in [6, 6.07) is 3.32. The van der Waals surface area contributed by atoms with Gasteiger partial charge in [0.15, 0.2) is 5.69 Å². The number of hydrogen-bond donors (Lipinski definition) is 1. The van der Waals surface area contributed by atoms with E-state index < -0.39 is 11.7 Å². The average molecular weight is 409 g/mol. The quantitative estimate of drug-likeness (QED) is 0.676. The lowest BCUT2D eigenvalue weighted by Crippen LogP contribution is -2.05. The van der Waals surface area contributed by atoms with Gasteiger partial charge in [0.2, 0.25) is 0 Å². The van der Waals surface area contributed by atoms with Gasteiger partial charge in [-0.2, -0.15) is 23.5 Å². The van der Waals surface area contributed by atoms with Gasteiger partial charge in [-0.05, 0) is 22.9 Å². The molecule has 0 aliphatic carbocycles. The molecule has 0 radical (unpaired) electrons. The van der Waals surface area contributed by atoms with Gasteiger partial charge in [0.05, 0.1) is 26.9 Å². The topological polar surface area (TPSA) is 52.5 Å². The molecule has 2 aromatic rings. The van der Waals surface area contributed by atoms with Crippen LogP contribution in [0.4, 0.5) is 13.2 Å². The number of alkyl halides is 3. The molecular formula is C13H3BrCl2F3N3. The molecule has 1 aromatic carbocycles.